The molecule has 0 saturated heterocycles. The standard InChI is InChI=1S/C18H21ClN2O2/c1-12(18(2,21)17(20)22)14-6-8-16(9-7-14)23-11-13-4-3-5-15(19)10-13/h3-10,12H,11,21H2,1-2H3,(H2,20,22). The summed E-state index contributed by atoms with van der Waals surface area (Å²) in [5, 5.41) is 0.684. The number of carbonyl (C=O) groups is 1. The van der Waals surface area contributed by atoms with Gasteiger partial charge < -0.3 is 16.2 Å². The van der Waals surface area contributed by atoms with Gasteiger partial charge in [-0.2, -0.15) is 0 Å². The molecule has 0 aliphatic rings. The third-order valence-electron chi connectivity index (χ3n) is 4.11. The Morgan fingerprint density at radius 1 is 1.26 bits per heavy atom. The predicted octanol–water partition coefficient (Wildman–Crippen LogP) is 3.23. The Labute approximate surface area is 141 Å². The van der Waals surface area contributed by atoms with Gasteiger partial charge in [-0.3, -0.25) is 4.79 Å². The molecule has 2 rings (SSSR count). The molecule has 4 N–H and O–H groups in total. The Balaban J connectivity index is 2.03. The highest BCUT2D eigenvalue weighted by Crippen LogP contribution is 2.27. The molecule has 23 heavy (non-hydrogen) atoms. The van der Waals surface area contributed by atoms with Crippen LogP contribution in [-0.4, -0.2) is 11.4 Å². The molecule has 2 aromatic rings. The summed E-state index contributed by atoms with van der Waals surface area (Å²) >= 11 is 5.95. The molecule has 0 bridgehead atoms. The summed E-state index contributed by atoms with van der Waals surface area (Å²) in [5.74, 6) is 0.0204. The quantitative estimate of drug-likeness (QED) is 0.852. The lowest BCUT2D eigenvalue weighted by molar-refractivity contribution is -0.123. The topological polar surface area (TPSA) is 78.3 Å². The van der Waals surface area contributed by atoms with Crippen molar-refractivity contribution >= 4 is 17.5 Å². The van der Waals surface area contributed by atoms with Crippen LogP contribution in [0.25, 0.3) is 0 Å². The Morgan fingerprint density at radius 3 is 2.48 bits per heavy atom. The van der Waals surface area contributed by atoms with Gasteiger partial charge in [0.15, 0.2) is 0 Å². The monoisotopic (exact) mass is 332 g/mol. The van der Waals surface area contributed by atoms with E-state index in [1.54, 1.807) is 6.92 Å². The summed E-state index contributed by atoms with van der Waals surface area (Å²) in [6, 6.07) is 15.0. The molecule has 0 aromatic heterocycles. The molecule has 0 saturated carbocycles. The zero-order valence-electron chi connectivity index (χ0n) is 13.3. The fraction of sp³-hybridized carbons (Fsp3) is 0.278. The average molecular weight is 333 g/mol. The van der Waals surface area contributed by atoms with Gasteiger partial charge in [-0.1, -0.05) is 42.8 Å². The van der Waals surface area contributed by atoms with Gasteiger partial charge in [0.05, 0.1) is 5.54 Å². The molecular formula is C18H21ClN2O2. The summed E-state index contributed by atoms with van der Waals surface area (Å²) in [7, 11) is 0. The van der Waals surface area contributed by atoms with Crippen molar-refractivity contribution in [3.63, 3.8) is 0 Å². The van der Waals surface area contributed by atoms with Crippen LogP contribution >= 0.6 is 11.6 Å². The van der Waals surface area contributed by atoms with E-state index in [9.17, 15) is 4.79 Å². The lowest BCUT2D eigenvalue weighted by Crippen LogP contribution is -2.53. The molecule has 2 unspecified atom stereocenters. The molecule has 0 aliphatic carbocycles. The average Bonchev–Trinajstić information content (AvgIpc) is 2.52. The van der Waals surface area contributed by atoms with Crippen molar-refractivity contribution in [1.29, 1.82) is 0 Å². The number of hydrogen-bond acceptors (Lipinski definition) is 3. The Morgan fingerprint density at radius 2 is 1.91 bits per heavy atom. The number of nitrogens with two attached hydrogens (primary N) is 2. The minimum absolute atomic E-state index is 0.193. The van der Waals surface area contributed by atoms with Crippen LogP contribution in [-0.2, 0) is 11.4 Å². The number of amides is 1. The summed E-state index contributed by atoms with van der Waals surface area (Å²) < 4.78 is 5.73. The van der Waals surface area contributed by atoms with E-state index in [2.05, 4.69) is 0 Å². The van der Waals surface area contributed by atoms with Gasteiger partial charge in [0.25, 0.3) is 0 Å². The number of benzene rings is 2. The zero-order chi connectivity index (χ0) is 17.0. The molecule has 0 radical (unpaired) electrons. The van der Waals surface area contributed by atoms with E-state index in [1.165, 1.54) is 0 Å². The van der Waals surface area contributed by atoms with Crippen LogP contribution in [0, 0.1) is 0 Å². The molecule has 2 atom stereocenters. The van der Waals surface area contributed by atoms with Crippen molar-refractivity contribution in [1.82, 2.24) is 0 Å². The van der Waals surface area contributed by atoms with Crippen LogP contribution in [0.5, 0.6) is 5.75 Å². The predicted molar refractivity (Wildman–Crippen MR) is 92.4 cm³/mol. The molecule has 0 aliphatic heterocycles. The van der Waals surface area contributed by atoms with Gasteiger partial charge in [0, 0.05) is 10.9 Å². The Bertz CT molecular complexity index is 684. The maximum absolute atomic E-state index is 11.5. The number of primary amides is 1. The molecule has 4 nitrogen and oxygen atoms in total. The van der Waals surface area contributed by atoms with Crippen molar-refractivity contribution in [3.05, 3.63) is 64.7 Å². The second-order valence-electron chi connectivity index (χ2n) is 5.86. The van der Waals surface area contributed by atoms with Gasteiger partial charge >= 0.3 is 0 Å². The maximum Gasteiger partial charge on any atom is 0.237 e. The van der Waals surface area contributed by atoms with Gasteiger partial charge in [-0.25, -0.2) is 0 Å². The fourth-order valence-corrected chi connectivity index (χ4v) is 2.42. The van der Waals surface area contributed by atoms with Crippen LogP contribution in [0.4, 0.5) is 0 Å². The number of carbonyl (C=O) groups excluding carboxylic acids is 1. The molecule has 1 amide bonds. The summed E-state index contributed by atoms with van der Waals surface area (Å²) in [6.45, 7) is 3.96. The lowest BCUT2D eigenvalue weighted by Gasteiger charge is -2.28. The second kappa shape index (κ2) is 7.02. The molecule has 0 heterocycles. The highest BCUT2D eigenvalue weighted by molar-refractivity contribution is 6.30. The fourth-order valence-electron chi connectivity index (χ4n) is 2.21. The van der Waals surface area contributed by atoms with Crippen molar-refractivity contribution in [2.45, 2.75) is 31.9 Å². The molecular weight excluding hydrogens is 312 g/mol. The van der Waals surface area contributed by atoms with Gasteiger partial charge in [0.1, 0.15) is 12.4 Å². The van der Waals surface area contributed by atoms with Crippen molar-refractivity contribution < 1.29 is 9.53 Å². The van der Waals surface area contributed by atoms with E-state index in [1.807, 2.05) is 55.5 Å². The van der Waals surface area contributed by atoms with Crippen LogP contribution < -0.4 is 16.2 Å². The minimum atomic E-state index is -1.09. The highest BCUT2D eigenvalue weighted by Gasteiger charge is 2.33. The molecule has 5 heteroatoms. The number of rotatable bonds is 6. The third kappa shape index (κ3) is 4.24. The van der Waals surface area contributed by atoms with Crippen LogP contribution in [0.3, 0.4) is 0 Å². The van der Waals surface area contributed by atoms with Crippen molar-refractivity contribution in [2.75, 3.05) is 0 Å². The second-order valence-corrected chi connectivity index (χ2v) is 6.29. The first kappa shape index (κ1) is 17.3. The van der Waals surface area contributed by atoms with E-state index < -0.39 is 11.4 Å². The van der Waals surface area contributed by atoms with E-state index in [0.29, 0.717) is 11.6 Å². The maximum atomic E-state index is 11.5. The smallest absolute Gasteiger partial charge is 0.237 e. The van der Waals surface area contributed by atoms with Crippen LogP contribution in [0.15, 0.2) is 48.5 Å². The Hall–Kier alpha value is -2.04. The molecule has 2 aromatic carbocycles. The summed E-state index contributed by atoms with van der Waals surface area (Å²) in [6.07, 6.45) is 0. The SMILES string of the molecule is CC(c1ccc(OCc2cccc(Cl)c2)cc1)C(C)(N)C(N)=O. The van der Waals surface area contributed by atoms with Crippen molar-refractivity contribution in [3.8, 4) is 5.75 Å². The number of ether oxygens (including phenoxy) is 1. The largest absolute Gasteiger partial charge is 0.489 e. The summed E-state index contributed by atoms with van der Waals surface area (Å²) in [5.41, 5.74) is 12.2. The Kier molecular flexibility index (Phi) is 5.29. The lowest BCUT2D eigenvalue weighted by atomic mass is 9.82. The van der Waals surface area contributed by atoms with Crippen LogP contribution in [0.2, 0.25) is 5.02 Å². The summed E-state index contributed by atoms with van der Waals surface area (Å²) in [4.78, 5) is 11.5. The molecule has 0 fully saturated rings. The van der Waals surface area contributed by atoms with E-state index in [0.717, 1.165) is 16.9 Å². The van der Waals surface area contributed by atoms with Gasteiger partial charge in [0.2, 0.25) is 5.91 Å². The van der Waals surface area contributed by atoms with E-state index in [4.69, 9.17) is 27.8 Å². The first-order valence-corrected chi connectivity index (χ1v) is 7.74. The van der Waals surface area contributed by atoms with Crippen LogP contribution in [0.1, 0.15) is 30.9 Å². The first-order chi connectivity index (χ1) is 10.8. The number of hydrogen-bond donors (Lipinski definition) is 2. The minimum Gasteiger partial charge on any atom is -0.489 e. The van der Waals surface area contributed by atoms with Gasteiger partial charge in [-0.15, -0.1) is 0 Å². The van der Waals surface area contributed by atoms with E-state index in [-0.39, 0.29) is 5.92 Å². The van der Waals surface area contributed by atoms with Crippen molar-refractivity contribution in [2.24, 2.45) is 11.5 Å². The normalized spacial score (nSPS) is 14.8. The number of halogens is 1. The first-order valence-electron chi connectivity index (χ1n) is 7.36. The van der Waals surface area contributed by atoms with Gasteiger partial charge in [-0.05, 0) is 42.3 Å². The molecule has 0 spiro atoms. The zero-order valence-corrected chi connectivity index (χ0v) is 14.0. The third-order valence-corrected chi connectivity index (χ3v) is 4.34. The highest BCUT2D eigenvalue weighted by atomic mass is 35.5. The van der Waals surface area contributed by atoms with E-state index >= 15 is 0 Å². The molecule has 122 valence electrons.